The van der Waals surface area contributed by atoms with Crippen LogP contribution in [0.1, 0.15) is 46.5 Å². The smallest absolute Gasteiger partial charge is 0.0947 e. The van der Waals surface area contributed by atoms with Crippen molar-refractivity contribution in [2.45, 2.75) is 52.5 Å². The topological polar surface area (TPSA) is 53.1 Å². The lowest BCUT2D eigenvalue weighted by atomic mass is 9.86. The summed E-state index contributed by atoms with van der Waals surface area (Å²) >= 11 is 0. The van der Waals surface area contributed by atoms with Crippen molar-refractivity contribution in [2.75, 3.05) is 13.1 Å². The number of hydrogen-bond acceptors (Lipinski definition) is 2. The van der Waals surface area contributed by atoms with E-state index in [4.69, 9.17) is 11.1 Å². The zero-order chi connectivity index (χ0) is 12.1. The van der Waals surface area contributed by atoms with Crippen molar-refractivity contribution in [3.8, 4) is 0 Å². The standard InChI is InChI=1S/C13H27N3/c1-4-16(9-11(3)13(14)15)12-7-5-10(2)6-8-12/h10-12H,4-9H2,1-3H3,(H3,14,15). The van der Waals surface area contributed by atoms with Crippen LogP contribution in [-0.2, 0) is 0 Å². The Morgan fingerprint density at radius 2 is 1.94 bits per heavy atom. The Hall–Kier alpha value is -0.570. The van der Waals surface area contributed by atoms with E-state index in [1.807, 2.05) is 0 Å². The van der Waals surface area contributed by atoms with E-state index in [1.165, 1.54) is 25.7 Å². The number of hydrogen-bond donors (Lipinski definition) is 2. The van der Waals surface area contributed by atoms with Crippen molar-refractivity contribution in [3.63, 3.8) is 0 Å². The molecule has 1 aliphatic carbocycles. The van der Waals surface area contributed by atoms with Gasteiger partial charge < -0.3 is 5.73 Å². The second-order valence-electron chi connectivity index (χ2n) is 5.36. The maximum absolute atomic E-state index is 7.47. The molecule has 1 aliphatic rings. The van der Waals surface area contributed by atoms with Gasteiger partial charge >= 0.3 is 0 Å². The molecule has 94 valence electrons. The molecule has 0 amide bonds. The van der Waals surface area contributed by atoms with Crippen LogP contribution in [-0.4, -0.2) is 29.9 Å². The SMILES string of the molecule is CCN(CC(C)C(=N)N)C1CCC(C)CC1. The van der Waals surface area contributed by atoms with E-state index in [2.05, 4.69) is 25.7 Å². The number of amidine groups is 1. The summed E-state index contributed by atoms with van der Waals surface area (Å²) in [6, 6.07) is 0.725. The van der Waals surface area contributed by atoms with Crippen molar-refractivity contribution in [2.24, 2.45) is 17.6 Å². The van der Waals surface area contributed by atoms with Gasteiger partial charge in [-0.2, -0.15) is 0 Å². The first kappa shape index (κ1) is 13.5. The highest BCUT2D eigenvalue weighted by Crippen LogP contribution is 2.27. The summed E-state index contributed by atoms with van der Waals surface area (Å²) in [5.74, 6) is 1.42. The second-order valence-corrected chi connectivity index (χ2v) is 5.36. The Labute approximate surface area is 99.9 Å². The summed E-state index contributed by atoms with van der Waals surface area (Å²) in [5, 5.41) is 7.47. The van der Waals surface area contributed by atoms with Gasteiger partial charge in [-0.15, -0.1) is 0 Å². The van der Waals surface area contributed by atoms with E-state index in [0.29, 0.717) is 5.84 Å². The maximum Gasteiger partial charge on any atom is 0.0947 e. The molecule has 0 saturated heterocycles. The van der Waals surface area contributed by atoms with Gasteiger partial charge in [0.05, 0.1) is 5.84 Å². The Bertz CT molecular complexity index is 219. The second kappa shape index (κ2) is 6.24. The van der Waals surface area contributed by atoms with E-state index in [0.717, 1.165) is 25.0 Å². The van der Waals surface area contributed by atoms with Crippen LogP contribution in [0.15, 0.2) is 0 Å². The zero-order valence-corrected chi connectivity index (χ0v) is 11.0. The fraction of sp³-hybridized carbons (Fsp3) is 0.923. The van der Waals surface area contributed by atoms with Crippen LogP contribution in [0.5, 0.6) is 0 Å². The van der Waals surface area contributed by atoms with Gasteiger partial charge in [0, 0.05) is 18.5 Å². The van der Waals surface area contributed by atoms with Crippen LogP contribution in [0.2, 0.25) is 0 Å². The van der Waals surface area contributed by atoms with Crippen LogP contribution in [0.4, 0.5) is 0 Å². The minimum atomic E-state index is 0.194. The number of rotatable bonds is 5. The van der Waals surface area contributed by atoms with Crippen LogP contribution in [0.3, 0.4) is 0 Å². The number of nitrogens with one attached hydrogen (secondary N) is 1. The molecule has 1 rings (SSSR count). The summed E-state index contributed by atoms with van der Waals surface area (Å²) in [6.45, 7) is 8.65. The van der Waals surface area contributed by atoms with E-state index >= 15 is 0 Å². The first-order valence-corrected chi connectivity index (χ1v) is 6.62. The van der Waals surface area contributed by atoms with Gasteiger partial charge in [-0.25, -0.2) is 0 Å². The minimum Gasteiger partial charge on any atom is -0.387 e. The highest BCUT2D eigenvalue weighted by molar-refractivity contribution is 5.79. The number of nitrogens with two attached hydrogens (primary N) is 1. The van der Waals surface area contributed by atoms with Crippen molar-refractivity contribution in [1.82, 2.24) is 4.90 Å². The molecule has 0 radical (unpaired) electrons. The Morgan fingerprint density at radius 3 is 2.38 bits per heavy atom. The van der Waals surface area contributed by atoms with Crippen molar-refractivity contribution >= 4 is 5.84 Å². The molecule has 3 nitrogen and oxygen atoms in total. The van der Waals surface area contributed by atoms with Gasteiger partial charge in [0.25, 0.3) is 0 Å². The van der Waals surface area contributed by atoms with E-state index in [9.17, 15) is 0 Å². The normalized spacial score (nSPS) is 28.0. The highest BCUT2D eigenvalue weighted by Gasteiger charge is 2.24. The van der Waals surface area contributed by atoms with Crippen molar-refractivity contribution in [1.29, 1.82) is 5.41 Å². The molecule has 0 aromatic heterocycles. The first-order valence-electron chi connectivity index (χ1n) is 6.62. The minimum absolute atomic E-state index is 0.194. The molecule has 3 N–H and O–H groups in total. The van der Waals surface area contributed by atoms with Gasteiger partial charge in [-0.3, -0.25) is 10.3 Å². The Balaban J connectivity index is 2.44. The fourth-order valence-electron chi connectivity index (χ4n) is 2.59. The quantitative estimate of drug-likeness (QED) is 0.558. The molecule has 0 aromatic carbocycles. The van der Waals surface area contributed by atoms with E-state index in [1.54, 1.807) is 0 Å². The Morgan fingerprint density at radius 1 is 1.38 bits per heavy atom. The summed E-state index contributed by atoms with van der Waals surface area (Å²) in [7, 11) is 0. The predicted molar refractivity (Wildman–Crippen MR) is 69.7 cm³/mol. The van der Waals surface area contributed by atoms with Gasteiger partial charge in [0.2, 0.25) is 0 Å². The molecule has 0 heterocycles. The van der Waals surface area contributed by atoms with Crippen LogP contribution in [0, 0.1) is 17.2 Å². The van der Waals surface area contributed by atoms with Gasteiger partial charge in [-0.1, -0.05) is 20.8 Å². The molecule has 1 fully saturated rings. The summed E-state index contributed by atoms with van der Waals surface area (Å²) in [4.78, 5) is 2.51. The Kier molecular flexibility index (Phi) is 5.26. The predicted octanol–water partition coefficient (Wildman–Crippen LogP) is 2.46. The first-order chi connectivity index (χ1) is 7.54. The molecular formula is C13H27N3. The maximum atomic E-state index is 7.47. The third kappa shape index (κ3) is 3.78. The molecule has 3 heteroatoms. The van der Waals surface area contributed by atoms with E-state index in [-0.39, 0.29) is 5.92 Å². The molecule has 0 aromatic rings. The average Bonchev–Trinajstić information content (AvgIpc) is 2.26. The summed E-state index contributed by atoms with van der Waals surface area (Å²) < 4.78 is 0. The summed E-state index contributed by atoms with van der Waals surface area (Å²) in [5.41, 5.74) is 5.55. The molecular weight excluding hydrogens is 198 g/mol. The average molecular weight is 225 g/mol. The van der Waals surface area contributed by atoms with Gasteiger partial charge in [0.15, 0.2) is 0 Å². The van der Waals surface area contributed by atoms with Crippen LogP contribution in [0.25, 0.3) is 0 Å². The van der Waals surface area contributed by atoms with Crippen molar-refractivity contribution in [3.05, 3.63) is 0 Å². The van der Waals surface area contributed by atoms with Gasteiger partial charge in [0.1, 0.15) is 0 Å². The molecule has 16 heavy (non-hydrogen) atoms. The zero-order valence-electron chi connectivity index (χ0n) is 11.0. The van der Waals surface area contributed by atoms with Crippen LogP contribution < -0.4 is 5.73 Å². The molecule has 0 aliphatic heterocycles. The van der Waals surface area contributed by atoms with Crippen molar-refractivity contribution < 1.29 is 0 Å². The summed E-state index contributed by atoms with van der Waals surface area (Å²) in [6.07, 6.45) is 5.35. The number of nitrogens with zero attached hydrogens (tertiary/aromatic N) is 1. The van der Waals surface area contributed by atoms with Gasteiger partial charge in [-0.05, 0) is 38.1 Å². The third-order valence-corrected chi connectivity index (χ3v) is 3.95. The molecule has 1 unspecified atom stereocenters. The monoisotopic (exact) mass is 225 g/mol. The lowest BCUT2D eigenvalue weighted by Crippen LogP contribution is -2.42. The van der Waals surface area contributed by atoms with E-state index < -0.39 is 0 Å². The largest absolute Gasteiger partial charge is 0.387 e. The van der Waals surface area contributed by atoms with Crippen LogP contribution >= 0.6 is 0 Å². The molecule has 0 bridgehead atoms. The third-order valence-electron chi connectivity index (χ3n) is 3.95. The molecule has 1 atom stereocenters. The highest BCUT2D eigenvalue weighted by atomic mass is 15.2. The fourth-order valence-corrected chi connectivity index (χ4v) is 2.59. The lowest BCUT2D eigenvalue weighted by Gasteiger charge is -2.36. The molecule has 1 saturated carbocycles. The molecule has 0 spiro atoms. The lowest BCUT2D eigenvalue weighted by molar-refractivity contribution is 0.138.